The maximum atomic E-state index is 3.81. The third-order valence-electron chi connectivity index (χ3n) is 5.82. The van der Waals surface area contributed by atoms with Crippen LogP contribution in [0, 0.1) is 6.92 Å². The Labute approximate surface area is 152 Å². The highest BCUT2D eigenvalue weighted by molar-refractivity contribution is 5.78. The molecule has 0 spiro atoms. The molecule has 4 rings (SSSR count). The molecule has 2 N–H and O–H groups in total. The number of fused-ring (bicyclic) bond motifs is 3. The average molecular weight is 335 g/mol. The first kappa shape index (κ1) is 16.7. The van der Waals surface area contributed by atoms with Gasteiger partial charge in [0.2, 0.25) is 0 Å². The molecule has 0 amide bonds. The van der Waals surface area contributed by atoms with Crippen LogP contribution >= 0.6 is 0 Å². The van der Waals surface area contributed by atoms with Gasteiger partial charge < -0.3 is 10.6 Å². The fourth-order valence-electron chi connectivity index (χ4n) is 4.47. The second-order valence-electron chi connectivity index (χ2n) is 8.79. The second kappa shape index (κ2) is 6.17. The van der Waals surface area contributed by atoms with E-state index in [1.54, 1.807) is 5.56 Å². The maximum absolute atomic E-state index is 3.81. The number of rotatable bonds is 1. The largest absolute Gasteiger partial charge is 0.381 e. The smallest absolute Gasteiger partial charge is 0.0384 e. The normalized spacial score (nSPS) is 22.7. The molecule has 0 bridgehead atoms. The molecule has 2 aromatic rings. The molecule has 0 unspecified atom stereocenters. The van der Waals surface area contributed by atoms with E-state index in [9.17, 15) is 0 Å². The third kappa shape index (κ3) is 3.08. The Bertz CT molecular complexity index is 785. The summed E-state index contributed by atoms with van der Waals surface area (Å²) in [6.07, 6.45) is 2.43. The van der Waals surface area contributed by atoms with E-state index in [2.05, 4.69) is 74.7 Å². The molecular formula is C23H30N2. The molecule has 1 fully saturated rings. The molecule has 2 atom stereocenters. The fourth-order valence-corrected chi connectivity index (χ4v) is 4.47. The first-order valence-electron chi connectivity index (χ1n) is 9.66. The Kier molecular flexibility index (Phi) is 4.11. The topological polar surface area (TPSA) is 24.1 Å². The van der Waals surface area contributed by atoms with Gasteiger partial charge in [-0.05, 0) is 66.6 Å². The van der Waals surface area contributed by atoms with Gasteiger partial charge >= 0.3 is 0 Å². The molecule has 1 saturated heterocycles. The predicted octanol–water partition coefficient (Wildman–Crippen LogP) is 5.22. The summed E-state index contributed by atoms with van der Waals surface area (Å²) < 4.78 is 0. The summed E-state index contributed by atoms with van der Waals surface area (Å²) in [6.45, 7) is 11.4. The van der Waals surface area contributed by atoms with Gasteiger partial charge in [-0.25, -0.2) is 0 Å². The highest BCUT2D eigenvalue weighted by atomic mass is 15.0. The van der Waals surface area contributed by atoms with E-state index < -0.39 is 0 Å². The molecule has 2 nitrogen and oxygen atoms in total. The van der Waals surface area contributed by atoms with Crippen LogP contribution in [0.5, 0.6) is 0 Å². The molecule has 132 valence electrons. The summed E-state index contributed by atoms with van der Waals surface area (Å²) in [7, 11) is 0. The Morgan fingerprint density at radius 2 is 1.80 bits per heavy atom. The number of nitrogens with one attached hydrogen (secondary N) is 2. The van der Waals surface area contributed by atoms with Crippen LogP contribution in [0.25, 0.3) is 11.1 Å². The quantitative estimate of drug-likeness (QED) is 0.747. The third-order valence-corrected chi connectivity index (χ3v) is 5.82. The van der Waals surface area contributed by atoms with Gasteiger partial charge in [0.1, 0.15) is 0 Å². The van der Waals surface area contributed by atoms with Crippen LogP contribution in [0.15, 0.2) is 36.4 Å². The van der Waals surface area contributed by atoms with Gasteiger partial charge in [-0.1, -0.05) is 56.7 Å². The monoisotopic (exact) mass is 334 g/mol. The lowest BCUT2D eigenvalue weighted by atomic mass is 9.82. The number of hydrogen-bond acceptors (Lipinski definition) is 2. The molecule has 2 aliphatic rings. The number of benzene rings is 2. The lowest BCUT2D eigenvalue weighted by molar-refractivity contribution is 0.579. The molecule has 0 aromatic heterocycles. The lowest BCUT2D eigenvalue weighted by Crippen LogP contribution is -2.21. The van der Waals surface area contributed by atoms with Crippen LogP contribution < -0.4 is 10.6 Å². The van der Waals surface area contributed by atoms with E-state index in [0.717, 1.165) is 13.1 Å². The van der Waals surface area contributed by atoms with Crippen molar-refractivity contribution in [2.75, 3.05) is 18.4 Å². The van der Waals surface area contributed by atoms with Crippen molar-refractivity contribution in [2.24, 2.45) is 0 Å². The van der Waals surface area contributed by atoms with E-state index in [4.69, 9.17) is 0 Å². The number of hydrogen-bond donors (Lipinski definition) is 2. The molecule has 2 aliphatic heterocycles. The van der Waals surface area contributed by atoms with Crippen LogP contribution in [-0.4, -0.2) is 19.1 Å². The zero-order valence-electron chi connectivity index (χ0n) is 15.9. The van der Waals surface area contributed by atoms with Crippen LogP contribution in [0.4, 0.5) is 5.69 Å². The second-order valence-corrected chi connectivity index (χ2v) is 8.79. The summed E-state index contributed by atoms with van der Waals surface area (Å²) >= 11 is 0. The van der Waals surface area contributed by atoms with Crippen LogP contribution in [0.3, 0.4) is 0 Å². The van der Waals surface area contributed by atoms with Gasteiger partial charge in [0.15, 0.2) is 0 Å². The highest BCUT2D eigenvalue weighted by Crippen LogP contribution is 2.45. The first-order chi connectivity index (χ1) is 11.9. The Morgan fingerprint density at radius 3 is 2.60 bits per heavy atom. The average Bonchev–Trinajstić information content (AvgIpc) is 2.75. The van der Waals surface area contributed by atoms with E-state index in [1.807, 2.05) is 0 Å². The fraction of sp³-hybridized carbons (Fsp3) is 0.478. The molecule has 2 aromatic carbocycles. The van der Waals surface area contributed by atoms with Gasteiger partial charge in [0.25, 0.3) is 0 Å². The zero-order valence-corrected chi connectivity index (χ0v) is 15.9. The number of anilines is 1. The minimum Gasteiger partial charge on any atom is -0.381 e. The van der Waals surface area contributed by atoms with Crippen molar-refractivity contribution in [3.63, 3.8) is 0 Å². The molecule has 2 heterocycles. The minimum absolute atomic E-state index is 0.172. The SMILES string of the molecule is Cc1cc(-c2cccc3c2[C@H]2CCNCC[C@@H]2N3)cc(C(C)(C)C)c1. The summed E-state index contributed by atoms with van der Waals surface area (Å²) in [6, 6.07) is 14.5. The highest BCUT2D eigenvalue weighted by Gasteiger charge is 2.34. The Morgan fingerprint density at radius 1 is 1.00 bits per heavy atom. The number of aryl methyl sites for hydroxylation is 1. The maximum Gasteiger partial charge on any atom is 0.0384 e. The summed E-state index contributed by atoms with van der Waals surface area (Å²) in [5.74, 6) is 0.625. The van der Waals surface area contributed by atoms with Crippen molar-refractivity contribution in [3.8, 4) is 11.1 Å². The van der Waals surface area contributed by atoms with Gasteiger partial charge in [-0.2, -0.15) is 0 Å². The molecule has 25 heavy (non-hydrogen) atoms. The molecular weight excluding hydrogens is 304 g/mol. The van der Waals surface area contributed by atoms with Crippen molar-refractivity contribution in [1.82, 2.24) is 5.32 Å². The minimum atomic E-state index is 0.172. The predicted molar refractivity (Wildman–Crippen MR) is 108 cm³/mol. The summed E-state index contributed by atoms with van der Waals surface area (Å²) in [5, 5.41) is 7.37. The van der Waals surface area contributed by atoms with Crippen molar-refractivity contribution < 1.29 is 0 Å². The molecule has 0 radical (unpaired) electrons. The van der Waals surface area contributed by atoms with Crippen molar-refractivity contribution in [3.05, 3.63) is 53.1 Å². The van der Waals surface area contributed by atoms with Crippen molar-refractivity contribution in [1.29, 1.82) is 0 Å². The zero-order chi connectivity index (χ0) is 17.6. The molecule has 0 saturated carbocycles. The van der Waals surface area contributed by atoms with Crippen molar-refractivity contribution in [2.45, 2.75) is 57.9 Å². The Hall–Kier alpha value is -1.80. The molecule has 0 aliphatic carbocycles. The summed E-state index contributed by atoms with van der Waals surface area (Å²) in [4.78, 5) is 0. The van der Waals surface area contributed by atoms with Crippen LogP contribution in [0.2, 0.25) is 0 Å². The van der Waals surface area contributed by atoms with E-state index >= 15 is 0 Å². The molecule has 2 heteroatoms. The van der Waals surface area contributed by atoms with E-state index in [1.165, 1.54) is 40.8 Å². The van der Waals surface area contributed by atoms with Crippen LogP contribution in [-0.2, 0) is 5.41 Å². The summed E-state index contributed by atoms with van der Waals surface area (Å²) in [5.41, 5.74) is 8.64. The van der Waals surface area contributed by atoms with Gasteiger partial charge in [-0.15, -0.1) is 0 Å². The van der Waals surface area contributed by atoms with Crippen LogP contribution in [0.1, 0.15) is 56.2 Å². The van der Waals surface area contributed by atoms with E-state index in [-0.39, 0.29) is 5.41 Å². The standard InChI is InChI=1S/C23H30N2/c1-15-12-16(14-17(13-15)23(2,3)4)18-6-5-7-21-22(18)19-8-10-24-11-9-20(19)25-21/h5-7,12-14,19-20,24-25H,8-11H2,1-4H3/t19-,20-/m0/s1. The van der Waals surface area contributed by atoms with Crippen molar-refractivity contribution >= 4 is 5.69 Å². The van der Waals surface area contributed by atoms with Gasteiger partial charge in [0, 0.05) is 17.6 Å². The first-order valence-corrected chi connectivity index (χ1v) is 9.66. The van der Waals surface area contributed by atoms with Gasteiger partial charge in [-0.3, -0.25) is 0 Å². The Balaban J connectivity index is 1.84. The van der Waals surface area contributed by atoms with Gasteiger partial charge in [0.05, 0.1) is 0 Å². The van der Waals surface area contributed by atoms with E-state index in [0.29, 0.717) is 12.0 Å². The lowest BCUT2D eigenvalue weighted by Gasteiger charge is -2.22.